The van der Waals surface area contributed by atoms with Crippen LogP contribution in [0.5, 0.6) is 0 Å². The van der Waals surface area contributed by atoms with E-state index in [1.54, 1.807) is 0 Å². The Morgan fingerprint density at radius 2 is 1.93 bits per heavy atom. The van der Waals surface area contributed by atoms with Gasteiger partial charge in [0.2, 0.25) is 0 Å². The quantitative estimate of drug-likeness (QED) is 0.709. The van der Waals surface area contributed by atoms with Crippen molar-refractivity contribution in [3.63, 3.8) is 0 Å². The molecule has 2 unspecified atom stereocenters. The van der Waals surface area contributed by atoms with Crippen molar-refractivity contribution in [2.45, 2.75) is 69.3 Å². The van der Waals surface area contributed by atoms with Gasteiger partial charge < -0.3 is 9.84 Å². The van der Waals surface area contributed by atoms with E-state index in [4.69, 9.17) is 4.74 Å². The second kappa shape index (κ2) is 7.60. The minimum absolute atomic E-state index is 0.0131. The van der Waals surface area contributed by atoms with Gasteiger partial charge >= 0.3 is 5.97 Å². The molecule has 0 bridgehead atoms. The molecule has 2 aliphatic carbocycles. The van der Waals surface area contributed by atoms with Gasteiger partial charge in [0.15, 0.2) is 0 Å². The van der Waals surface area contributed by atoms with E-state index >= 15 is 0 Å². The zero-order valence-corrected chi connectivity index (χ0v) is 17.8. The summed E-state index contributed by atoms with van der Waals surface area (Å²) < 4.78 is 4.96. The number of hydrogen-bond donors (Lipinski definition) is 1. The van der Waals surface area contributed by atoms with E-state index in [0.717, 1.165) is 38.5 Å². The number of rotatable bonds is 4. The average Bonchev–Trinajstić information content (AvgIpc) is 2.75. The third kappa shape index (κ3) is 3.50. The molecule has 2 aromatic carbocycles. The molecule has 0 aromatic heterocycles. The first-order valence-electron chi connectivity index (χ1n) is 10.9. The topological polar surface area (TPSA) is 46.5 Å². The fraction of sp³-hybridized carbons (Fsp3) is 0.500. The van der Waals surface area contributed by atoms with Gasteiger partial charge in [0.05, 0.1) is 18.3 Å². The maximum Gasteiger partial charge on any atom is 0.337 e. The van der Waals surface area contributed by atoms with Gasteiger partial charge in [-0.1, -0.05) is 50.2 Å². The molecule has 0 radical (unpaired) electrons. The predicted molar refractivity (Wildman–Crippen MR) is 115 cm³/mol. The second-order valence-electron chi connectivity index (χ2n) is 9.23. The first kappa shape index (κ1) is 20.2. The van der Waals surface area contributed by atoms with Gasteiger partial charge in [0.25, 0.3) is 0 Å². The highest BCUT2D eigenvalue weighted by molar-refractivity contribution is 5.89. The maximum absolute atomic E-state index is 12.1. The highest BCUT2D eigenvalue weighted by Gasteiger charge is 2.52. The number of methoxy groups -OCH3 is 1. The van der Waals surface area contributed by atoms with Crippen LogP contribution in [0.15, 0.2) is 48.5 Å². The highest BCUT2D eigenvalue weighted by atomic mass is 16.5. The zero-order valence-electron chi connectivity index (χ0n) is 17.8. The van der Waals surface area contributed by atoms with Gasteiger partial charge in [0, 0.05) is 5.41 Å². The SMILES string of the molecule is CC[C@@]1(O)CC[C@@]2(Cc3ccccc3)c3ccc(C(=O)OC)cc3C(C)CC2C1. The second-order valence-corrected chi connectivity index (χ2v) is 9.23. The molecule has 1 saturated carbocycles. The Labute approximate surface area is 174 Å². The fourth-order valence-electron chi connectivity index (χ4n) is 5.91. The Hall–Kier alpha value is -2.13. The Balaban J connectivity index is 1.83. The molecule has 2 aromatic rings. The lowest BCUT2D eigenvalue weighted by molar-refractivity contribution is -0.0548. The molecule has 0 heterocycles. The summed E-state index contributed by atoms with van der Waals surface area (Å²) in [4.78, 5) is 12.1. The van der Waals surface area contributed by atoms with Crippen molar-refractivity contribution in [2.24, 2.45) is 5.92 Å². The molecule has 3 nitrogen and oxygen atoms in total. The monoisotopic (exact) mass is 392 g/mol. The van der Waals surface area contributed by atoms with Crippen molar-refractivity contribution >= 4 is 5.97 Å². The van der Waals surface area contributed by atoms with Crippen molar-refractivity contribution in [2.75, 3.05) is 7.11 Å². The normalized spacial score (nSPS) is 30.9. The summed E-state index contributed by atoms with van der Waals surface area (Å²) in [5, 5.41) is 11.1. The van der Waals surface area contributed by atoms with Crippen molar-refractivity contribution in [1.82, 2.24) is 0 Å². The lowest BCUT2D eigenvalue weighted by atomic mass is 9.51. The molecule has 4 rings (SSSR count). The molecule has 0 aliphatic heterocycles. The van der Waals surface area contributed by atoms with Crippen LogP contribution in [-0.4, -0.2) is 23.8 Å². The number of aliphatic hydroxyl groups is 1. The Bertz CT molecular complexity index is 890. The number of ether oxygens (including phenoxy) is 1. The molecule has 1 N–H and O–H groups in total. The largest absolute Gasteiger partial charge is 0.465 e. The van der Waals surface area contributed by atoms with E-state index in [1.807, 2.05) is 6.07 Å². The molecular weight excluding hydrogens is 360 g/mol. The van der Waals surface area contributed by atoms with Crippen LogP contribution in [0.1, 0.15) is 78.9 Å². The molecule has 0 saturated heterocycles. The van der Waals surface area contributed by atoms with Gasteiger partial charge in [-0.15, -0.1) is 0 Å². The van der Waals surface area contributed by atoms with E-state index in [9.17, 15) is 9.90 Å². The van der Waals surface area contributed by atoms with Gasteiger partial charge in [-0.05, 0) is 79.2 Å². The summed E-state index contributed by atoms with van der Waals surface area (Å²) in [6, 6.07) is 16.9. The first-order chi connectivity index (χ1) is 13.9. The summed E-state index contributed by atoms with van der Waals surface area (Å²) in [7, 11) is 1.44. The molecular formula is C26H32O3. The number of benzene rings is 2. The molecule has 29 heavy (non-hydrogen) atoms. The van der Waals surface area contributed by atoms with Crippen LogP contribution in [0, 0.1) is 5.92 Å². The Kier molecular flexibility index (Phi) is 5.29. The number of fused-ring (bicyclic) bond motifs is 3. The fourth-order valence-corrected chi connectivity index (χ4v) is 5.91. The van der Waals surface area contributed by atoms with Crippen molar-refractivity contribution in [3.05, 3.63) is 70.8 Å². The van der Waals surface area contributed by atoms with Crippen LogP contribution < -0.4 is 0 Å². The van der Waals surface area contributed by atoms with E-state index in [2.05, 4.69) is 56.3 Å². The molecule has 1 fully saturated rings. The van der Waals surface area contributed by atoms with E-state index in [1.165, 1.54) is 23.8 Å². The summed E-state index contributed by atoms with van der Waals surface area (Å²) >= 11 is 0. The van der Waals surface area contributed by atoms with Crippen LogP contribution in [-0.2, 0) is 16.6 Å². The molecule has 3 heteroatoms. The highest BCUT2D eigenvalue weighted by Crippen LogP contribution is 2.57. The standard InChI is InChI=1S/C26H32O3/c1-4-25(28)12-13-26(16-19-8-6-5-7-9-19)21(17-25)14-18(2)22-15-20(24(27)29-3)10-11-23(22)26/h5-11,15,18,21,28H,4,12-14,16-17H2,1-3H3/t18?,21?,25-,26+/m1/s1. The molecule has 2 aliphatic rings. The minimum atomic E-state index is -0.548. The zero-order chi connectivity index (χ0) is 20.6. The van der Waals surface area contributed by atoms with Crippen molar-refractivity contribution in [1.29, 1.82) is 0 Å². The van der Waals surface area contributed by atoms with Crippen LogP contribution >= 0.6 is 0 Å². The third-order valence-corrected chi connectivity index (χ3v) is 7.64. The van der Waals surface area contributed by atoms with Crippen LogP contribution in [0.4, 0.5) is 0 Å². The minimum Gasteiger partial charge on any atom is -0.465 e. The van der Waals surface area contributed by atoms with Gasteiger partial charge in [-0.25, -0.2) is 4.79 Å². The van der Waals surface area contributed by atoms with E-state index in [0.29, 0.717) is 17.4 Å². The molecule has 4 atom stereocenters. The number of carbonyl (C=O) groups excluding carboxylic acids is 1. The summed E-state index contributed by atoms with van der Waals surface area (Å²) in [5.74, 6) is 0.527. The maximum atomic E-state index is 12.1. The van der Waals surface area contributed by atoms with Gasteiger partial charge in [0.1, 0.15) is 0 Å². The van der Waals surface area contributed by atoms with Gasteiger partial charge in [-0.2, -0.15) is 0 Å². The molecule has 0 spiro atoms. The molecule has 154 valence electrons. The smallest absolute Gasteiger partial charge is 0.337 e. The number of esters is 1. The van der Waals surface area contributed by atoms with Crippen LogP contribution in [0.25, 0.3) is 0 Å². The number of hydrogen-bond acceptors (Lipinski definition) is 3. The number of carbonyl (C=O) groups is 1. The van der Waals surface area contributed by atoms with Gasteiger partial charge in [-0.3, -0.25) is 0 Å². The van der Waals surface area contributed by atoms with Crippen molar-refractivity contribution < 1.29 is 14.6 Å². The van der Waals surface area contributed by atoms with Crippen molar-refractivity contribution in [3.8, 4) is 0 Å². The summed E-state index contributed by atoms with van der Waals surface area (Å²) in [5.41, 5.74) is 4.09. The summed E-state index contributed by atoms with van der Waals surface area (Å²) in [6.07, 6.45) is 5.52. The lowest BCUT2D eigenvalue weighted by Gasteiger charge is -2.54. The average molecular weight is 393 g/mol. The Morgan fingerprint density at radius 1 is 1.17 bits per heavy atom. The van der Waals surface area contributed by atoms with Crippen LogP contribution in [0.2, 0.25) is 0 Å². The predicted octanol–water partition coefficient (Wildman–Crippen LogP) is 5.40. The van der Waals surface area contributed by atoms with E-state index < -0.39 is 5.60 Å². The first-order valence-corrected chi connectivity index (χ1v) is 10.9. The third-order valence-electron chi connectivity index (χ3n) is 7.64. The van der Waals surface area contributed by atoms with Crippen LogP contribution in [0.3, 0.4) is 0 Å². The molecule has 0 amide bonds. The van der Waals surface area contributed by atoms with E-state index in [-0.39, 0.29) is 11.4 Å². The Morgan fingerprint density at radius 3 is 2.62 bits per heavy atom. The summed E-state index contributed by atoms with van der Waals surface area (Å²) in [6.45, 7) is 4.36. The lowest BCUT2D eigenvalue weighted by Crippen LogP contribution is -2.51.